The van der Waals surface area contributed by atoms with Crippen LogP contribution in [-0.2, 0) is 0 Å². The Morgan fingerprint density at radius 2 is 1.48 bits per heavy atom. The first-order chi connectivity index (χ1) is 10.1. The van der Waals surface area contributed by atoms with E-state index in [1.807, 2.05) is 13.8 Å². The van der Waals surface area contributed by atoms with Gasteiger partial charge < -0.3 is 9.84 Å². The molecule has 1 atom stereocenters. The van der Waals surface area contributed by atoms with E-state index in [1.165, 1.54) is 38.5 Å². The van der Waals surface area contributed by atoms with Crippen molar-refractivity contribution >= 4 is 0 Å². The number of aliphatic hydroxyl groups excluding tert-OH is 1. The lowest BCUT2D eigenvalue weighted by Gasteiger charge is -2.15. The molecular weight excluding hydrogens is 260 g/mol. The molecule has 1 rings (SSSR count). The maximum Gasteiger partial charge on any atom is 0.124 e. The predicted octanol–water partition coefficient (Wildman–Crippen LogP) is 5.49. The summed E-state index contributed by atoms with van der Waals surface area (Å²) in [6, 6.07) is 4.11. The summed E-state index contributed by atoms with van der Waals surface area (Å²) in [5.41, 5.74) is 3.23. The number of aryl methyl sites for hydroxylation is 2. The third-order valence-electron chi connectivity index (χ3n) is 4.15. The topological polar surface area (TPSA) is 29.5 Å². The van der Waals surface area contributed by atoms with Gasteiger partial charge in [-0.25, -0.2) is 0 Å². The van der Waals surface area contributed by atoms with Crippen LogP contribution in [0, 0.1) is 13.8 Å². The minimum absolute atomic E-state index is 0.344. The fourth-order valence-electron chi connectivity index (χ4n) is 2.96. The van der Waals surface area contributed by atoms with Crippen molar-refractivity contribution in [1.29, 1.82) is 0 Å². The summed E-state index contributed by atoms with van der Waals surface area (Å²) in [4.78, 5) is 0. The van der Waals surface area contributed by atoms with E-state index in [9.17, 15) is 5.11 Å². The second-order valence-electron chi connectivity index (χ2n) is 6.11. The van der Waals surface area contributed by atoms with Crippen LogP contribution in [0.15, 0.2) is 12.1 Å². The van der Waals surface area contributed by atoms with E-state index in [0.29, 0.717) is 0 Å². The largest absolute Gasteiger partial charge is 0.496 e. The van der Waals surface area contributed by atoms with Gasteiger partial charge in [0, 0.05) is 0 Å². The minimum atomic E-state index is -0.344. The summed E-state index contributed by atoms with van der Waals surface area (Å²) in [6.07, 6.45) is 9.50. The molecule has 0 saturated heterocycles. The Morgan fingerprint density at radius 3 is 2.00 bits per heavy atom. The van der Waals surface area contributed by atoms with Crippen LogP contribution in [0.3, 0.4) is 0 Å². The quantitative estimate of drug-likeness (QED) is 0.578. The molecule has 0 aliphatic rings. The van der Waals surface area contributed by atoms with Gasteiger partial charge in [-0.1, -0.05) is 51.9 Å². The zero-order chi connectivity index (χ0) is 15.7. The number of rotatable bonds is 10. The molecule has 0 aliphatic heterocycles. The van der Waals surface area contributed by atoms with Gasteiger partial charge in [-0.2, -0.15) is 0 Å². The summed E-state index contributed by atoms with van der Waals surface area (Å²) in [5.74, 6) is 0.932. The Hall–Kier alpha value is -1.02. The maximum absolute atomic E-state index is 10.3. The number of aliphatic hydroxyl groups is 1. The van der Waals surface area contributed by atoms with E-state index in [1.54, 1.807) is 7.11 Å². The summed E-state index contributed by atoms with van der Waals surface area (Å²) in [7, 11) is 1.70. The van der Waals surface area contributed by atoms with Crippen molar-refractivity contribution in [2.45, 2.75) is 78.2 Å². The molecule has 0 radical (unpaired) electrons. The molecule has 0 fully saturated rings. The molecule has 2 nitrogen and oxygen atoms in total. The zero-order valence-electron chi connectivity index (χ0n) is 14.2. The Bertz CT molecular complexity index is 389. The number of benzene rings is 1. The highest BCUT2D eigenvalue weighted by molar-refractivity contribution is 5.43. The van der Waals surface area contributed by atoms with E-state index in [4.69, 9.17) is 4.74 Å². The van der Waals surface area contributed by atoms with E-state index in [2.05, 4.69) is 19.1 Å². The molecule has 1 aromatic carbocycles. The smallest absolute Gasteiger partial charge is 0.124 e. The normalized spacial score (nSPS) is 12.4. The number of hydrogen-bond donors (Lipinski definition) is 1. The van der Waals surface area contributed by atoms with Crippen molar-refractivity contribution in [3.05, 3.63) is 28.8 Å². The molecule has 0 amide bonds. The zero-order valence-corrected chi connectivity index (χ0v) is 14.2. The predicted molar refractivity (Wildman–Crippen MR) is 90.0 cm³/mol. The molecular formula is C19H32O2. The summed E-state index contributed by atoms with van der Waals surface area (Å²) in [6.45, 7) is 6.32. The number of hydrogen-bond acceptors (Lipinski definition) is 2. The Morgan fingerprint density at radius 1 is 0.952 bits per heavy atom. The second-order valence-corrected chi connectivity index (χ2v) is 6.11. The highest BCUT2D eigenvalue weighted by atomic mass is 16.5. The maximum atomic E-state index is 10.3. The van der Waals surface area contributed by atoms with Crippen LogP contribution in [0.5, 0.6) is 5.75 Å². The molecule has 2 heteroatoms. The average Bonchev–Trinajstić information content (AvgIpc) is 2.45. The Labute approximate surface area is 130 Å². The second kappa shape index (κ2) is 9.83. The third-order valence-corrected chi connectivity index (χ3v) is 4.15. The van der Waals surface area contributed by atoms with E-state index < -0.39 is 0 Å². The molecule has 1 aromatic rings. The highest BCUT2D eigenvalue weighted by Gasteiger charge is 2.11. The molecule has 0 bridgehead atoms. The van der Waals surface area contributed by atoms with Crippen LogP contribution >= 0.6 is 0 Å². The SMILES string of the molecule is CCCCCCCCCC(O)c1cc(C)c(OC)c(C)c1. The van der Waals surface area contributed by atoms with Crippen LogP contribution in [0.1, 0.15) is 81.1 Å². The average molecular weight is 292 g/mol. The van der Waals surface area contributed by atoms with Crippen molar-refractivity contribution in [2.75, 3.05) is 7.11 Å². The molecule has 0 saturated carbocycles. The van der Waals surface area contributed by atoms with Crippen molar-refractivity contribution in [3.8, 4) is 5.75 Å². The van der Waals surface area contributed by atoms with Crippen LogP contribution in [0.25, 0.3) is 0 Å². The van der Waals surface area contributed by atoms with E-state index in [0.717, 1.165) is 35.3 Å². The molecule has 1 unspecified atom stereocenters. The summed E-state index contributed by atoms with van der Waals surface area (Å²) >= 11 is 0. The van der Waals surface area contributed by atoms with Gasteiger partial charge in [0.05, 0.1) is 13.2 Å². The first-order valence-corrected chi connectivity index (χ1v) is 8.43. The summed E-state index contributed by atoms with van der Waals surface area (Å²) in [5, 5.41) is 10.3. The third kappa shape index (κ3) is 6.09. The Balaban J connectivity index is 2.37. The van der Waals surface area contributed by atoms with Gasteiger partial charge in [-0.15, -0.1) is 0 Å². The van der Waals surface area contributed by atoms with Crippen molar-refractivity contribution < 1.29 is 9.84 Å². The van der Waals surface area contributed by atoms with Crippen molar-refractivity contribution in [2.24, 2.45) is 0 Å². The number of methoxy groups -OCH3 is 1. The van der Waals surface area contributed by atoms with Crippen LogP contribution in [0.2, 0.25) is 0 Å². The van der Waals surface area contributed by atoms with Gasteiger partial charge in [0.15, 0.2) is 0 Å². The fraction of sp³-hybridized carbons (Fsp3) is 0.684. The first-order valence-electron chi connectivity index (χ1n) is 8.43. The highest BCUT2D eigenvalue weighted by Crippen LogP contribution is 2.29. The lowest BCUT2D eigenvalue weighted by Crippen LogP contribution is -2.01. The van der Waals surface area contributed by atoms with Crippen LogP contribution < -0.4 is 4.74 Å². The van der Waals surface area contributed by atoms with E-state index in [-0.39, 0.29) is 6.10 Å². The van der Waals surface area contributed by atoms with Gasteiger partial charge in [0.2, 0.25) is 0 Å². The van der Waals surface area contributed by atoms with Crippen LogP contribution in [-0.4, -0.2) is 12.2 Å². The molecule has 1 N–H and O–H groups in total. The number of ether oxygens (including phenoxy) is 1. The molecule has 0 aromatic heterocycles. The van der Waals surface area contributed by atoms with Crippen LogP contribution in [0.4, 0.5) is 0 Å². The molecule has 0 aliphatic carbocycles. The van der Waals surface area contributed by atoms with Gasteiger partial charge in [-0.05, 0) is 49.1 Å². The molecule has 120 valence electrons. The molecule has 21 heavy (non-hydrogen) atoms. The number of unbranched alkanes of at least 4 members (excludes halogenated alkanes) is 6. The fourth-order valence-corrected chi connectivity index (χ4v) is 2.96. The van der Waals surface area contributed by atoms with Gasteiger partial charge in [0.1, 0.15) is 5.75 Å². The van der Waals surface area contributed by atoms with Crippen molar-refractivity contribution in [1.82, 2.24) is 0 Å². The van der Waals surface area contributed by atoms with Crippen molar-refractivity contribution in [3.63, 3.8) is 0 Å². The van der Waals surface area contributed by atoms with Gasteiger partial charge >= 0.3 is 0 Å². The van der Waals surface area contributed by atoms with Gasteiger partial charge in [-0.3, -0.25) is 0 Å². The molecule has 0 spiro atoms. The Kier molecular flexibility index (Phi) is 8.44. The van der Waals surface area contributed by atoms with Gasteiger partial charge in [0.25, 0.3) is 0 Å². The van der Waals surface area contributed by atoms with E-state index >= 15 is 0 Å². The standard InChI is InChI=1S/C19H32O2/c1-5-6-7-8-9-10-11-12-18(20)17-13-15(2)19(21-4)16(3)14-17/h13-14,18,20H,5-12H2,1-4H3. The summed E-state index contributed by atoms with van der Waals surface area (Å²) < 4.78 is 5.37. The monoisotopic (exact) mass is 292 g/mol. The minimum Gasteiger partial charge on any atom is -0.496 e. The molecule has 0 heterocycles. The first kappa shape index (κ1) is 18.0. The lowest BCUT2D eigenvalue weighted by atomic mass is 9.98. The lowest BCUT2D eigenvalue weighted by molar-refractivity contribution is 0.163.